The van der Waals surface area contributed by atoms with Crippen LogP contribution in [0.25, 0.3) is 0 Å². The van der Waals surface area contributed by atoms with Gasteiger partial charge in [-0.3, -0.25) is 0 Å². The summed E-state index contributed by atoms with van der Waals surface area (Å²) in [4.78, 5) is 2.53. The molecule has 1 saturated heterocycles. The quantitative estimate of drug-likeness (QED) is 0.850. The molecular weight excluding hydrogens is 288 g/mol. The van der Waals surface area contributed by atoms with E-state index in [1.165, 1.54) is 22.1 Å². The Hall–Kier alpha value is -0.540. The monoisotopic (exact) mass is 310 g/mol. The zero-order chi connectivity index (χ0) is 13.3. The average Bonchev–Trinajstić information content (AvgIpc) is 2.42. The first kappa shape index (κ1) is 13.9. The molecule has 1 aliphatic rings. The van der Waals surface area contributed by atoms with E-state index in [9.17, 15) is 0 Å². The lowest BCUT2D eigenvalue weighted by Gasteiger charge is -2.35. The minimum atomic E-state index is 0.172. The van der Waals surface area contributed by atoms with Crippen LogP contribution in [0.1, 0.15) is 32.8 Å². The molecule has 1 atom stereocenters. The third kappa shape index (κ3) is 3.07. The molecular formula is C15H23BrN2. The van der Waals surface area contributed by atoms with E-state index in [4.69, 9.17) is 0 Å². The van der Waals surface area contributed by atoms with Gasteiger partial charge < -0.3 is 10.2 Å². The average molecular weight is 311 g/mol. The number of halogens is 1. The Morgan fingerprint density at radius 2 is 2.11 bits per heavy atom. The second kappa shape index (κ2) is 5.22. The van der Waals surface area contributed by atoms with E-state index in [1.807, 2.05) is 0 Å². The lowest BCUT2D eigenvalue weighted by atomic mass is 10.0. The Morgan fingerprint density at radius 3 is 2.78 bits per heavy atom. The number of nitrogens with one attached hydrogen (secondary N) is 1. The molecule has 0 amide bonds. The third-order valence-corrected chi connectivity index (χ3v) is 4.63. The van der Waals surface area contributed by atoms with Crippen molar-refractivity contribution in [3.8, 4) is 0 Å². The van der Waals surface area contributed by atoms with Crippen LogP contribution in [0.2, 0.25) is 0 Å². The van der Waals surface area contributed by atoms with Gasteiger partial charge in [0.05, 0.1) is 0 Å². The molecule has 0 saturated carbocycles. The molecule has 1 fully saturated rings. The Labute approximate surface area is 119 Å². The van der Waals surface area contributed by atoms with Crippen LogP contribution in [0.5, 0.6) is 0 Å². The first-order valence-electron chi connectivity index (χ1n) is 6.67. The van der Waals surface area contributed by atoms with Crippen LogP contribution in [0, 0.1) is 6.92 Å². The van der Waals surface area contributed by atoms with E-state index in [-0.39, 0.29) is 5.54 Å². The number of anilines is 1. The minimum absolute atomic E-state index is 0.172. The molecule has 1 aromatic rings. The SMILES string of the molecule is Cc1cc(N2CC(C)(C)NCCC2C)ccc1Br. The van der Waals surface area contributed by atoms with Gasteiger partial charge in [-0.1, -0.05) is 15.9 Å². The predicted octanol–water partition coefficient (Wildman–Crippen LogP) is 3.72. The molecule has 1 aliphatic heterocycles. The zero-order valence-electron chi connectivity index (χ0n) is 11.8. The van der Waals surface area contributed by atoms with Gasteiger partial charge in [0, 0.05) is 28.3 Å². The molecule has 1 heterocycles. The second-order valence-electron chi connectivity index (χ2n) is 6.01. The molecule has 18 heavy (non-hydrogen) atoms. The normalized spacial score (nSPS) is 23.8. The predicted molar refractivity (Wildman–Crippen MR) is 82.4 cm³/mol. The van der Waals surface area contributed by atoms with Gasteiger partial charge in [-0.05, 0) is 64.4 Å². The molecule has 0 aliphatic carbocycles. The molecule has 3 heteroatoms. The Bertz CT molecular complexity index is 429. The molecule has 0 aromatic heterocycles. The van der Waals surface area contributed by atoms with Crippen LogP contribution in [-0.2, 0) is 0 Å². The Balaban J connectivity index is 2.30. The summed E-state index contributed by atoms with van der Waals surface area (Å²) < 4.78 is 1.19. The molecule has 0 spiro atoms. The Kier molecular flexibility index (Phi) is 4.02. The van der Waals surface area contributed by atoms with Gasteiger partial charge in [0.2, 0.25) is 0 Å². The fraction of sp³-hybridized carbons (Fsp3) is 0.600. The maximum absolute atomic E-state index is 3.63. The molecule has 0 bridgehead atoms. The van der Waals surface area contributed by atoms with Gasteiger partial charge in [0.15, 0.2) is 0 Å². The number of hydrogen-bond donors (Lipinski definition) is 1. The van der Waals surface area contributed by atoms with Crippen molar-refractivity contribution in [1.82, 2.24) is 5.32 Å². The van der Waals surface area contributed by atoms with Crippen molar-refractivity contribution in [3.05, 3.63) is 28.2 Å². The lowest BCUT2D eigenvalue weighted by Crippen LogP contribution is -2.47. The van der Waals surface area contributed by atoms with Crippen molar-refractivity contribution in [1.29, 1.82) is 0 Å². The van der Waals surface area contributed by atoms with E-state index in [1.54, 1.807) is 0 Å². The fourth-order valence-corrected chi connectivity index (χ4v) is 2.81. The maximum Gasteiger partial charge on any atom is 0.0372 e. The molecule has 1 aromatic carbocycles. The standard InChI is InChI=1S/C15H23BrN2/c1-11-9-13(5-6-14(11)16)18-10-15(3,4)17-8-7-12(18)2/h5-6,9,12,17H,7-8,10H2,1-4H3. The van der Waals surface area contributed by atoms with E-state index < -0.39 is 0 Å². The number of rotatable bonds is 1. The van der Waals surface area contributed by atoms with Crippen LogP contribution in [-0.4, -0.2) is 24.7 Å². The number of hydrogen-bond acceptors (Lipinski definition) is 2. The minimum Gasteiger partial charge on any atom is -0.367 e. The number of nitrogens with zero attached hydrogens (tertiary/aromatic N) is 1. The van der Waals surface area contributed by atoms with E-state index >= 15 is 0 Å². The summed E-state index contributed by atoms with van der Waals surface area (Å²) in [6.07, 6.45) is 1.19. The first-order valence-corrected chi connectivity index (χ1v) is 7.46. The van der Waals surface area contributed by atoms with Gasteiger partial charge in [0.25, 0.3) is 0 Å². The van der Waals surface area contributed by atoms with E-state index in [2.05, 4.69) is 72.0 Å². The molecule has 1 unspecified atom stereocenters. The van der Waals surface area contributed by atoms with Crippen LogP contribution >= 0.6 is 15.9 Å². The fourth-order valence-electron chi connectivity index (χ4n) is 2.57. The van der Waals surface area contributed by atoms with Crippen LogP contribution in [0.3, 0.4) is 0 Å². The van der Waals surface area contributed by atoms with Gasteiger partial charge in [-0.15, -0.1) is 0 Å². The summed E-state index contributed by atoms with van der Waals surface area (Å²) in [6.45, 7) is 11.2. The van der Waals surface area contributed by atoms with E-state index in [0.29, 0.717) is 6.04 Å². The van der Waals surface area contributed by atoms with Crippen molar-refractivity contribution < 1.29 is 0 Å². The summed E-state index contributed by atoms with van der Waals surface area (Å²) in [5, 5.41) is 3.63. The molecule has 100 valence electrons. The summed E-state index contributed by atoms with van der Waals surface area (Å²) in [7, 11) is 0. The molecule has 0 radical (unpaired) electrons. The largest absolute Gasteiger partial charge is 0.367 e. The zero-order valence-corrected chi connectivity index (χ0v) is 13.3. The maximum atomic E-state index is 3.63. The second-order valence-corrected chi connectivity index (χ2v) is 6.86. The van der Waals surface area contributed by atoms with Crippen LogP contribution < -0.4 is 10.2 Å². The summed E-state index contributed by atoms with van der Waals surface area (Å²) >= 11 is 3.58. The lowest BCUT2D eigenvalue weighted by molar-refractivity contribution is 0.415. The van der Waals surface area contributed by atoms with Crippen molar-refractivity contribution in [2.24, 2.45) is 0 Å². The van der Waals surface area contributed by atoms with Gasteiger partial charge in [-0.2, -0.15) is 0 Å². The summed E-state index contributed by atoms with van der Waals surface area (Å²) in [6, 6.07) is 7.24. The molecule has 2 nitrogen and oxygen atoms in total. The Morgan fingerprint density at radius 1 is 1.39 bits per heavy atom. The highest BCUT2D eigenvalue weighted by Crippen LogP contribution is 2.27. The van der Waals surface area contributed by atoms with Crippen molar-refractivity contribution >= 4 is 21.6 Å². The van der Waals surface area contributed by atoms with Crippen molar-refractivity contribution in [2.75, 3.05) is 18.0 Å². The highest BCUT2D eigenvalue weighted by Gasteiger charge is 2.28. The van der Waals surface area contributed by atoms with Crippen LogP contribution in [0.4, 0.5) is 5.69 Å². The topological polar surface area (TPSA) is 15.3 Å². The van der Waals surface area contributed by atoms with E-state index in [0.717, 1.165) is 13.1 Å². The van der Waals surface area contributed by atoms with Gasteiger partial charge >= 0.3 is 0 Å². The van der Waals surface area contributed by atoms with Gasteiger partial charge in [0.1, 0.15) is 0 Å². The highest BCUT2D eigenvalue weighted by molar-refractivity contribution is 9.10. The third-order valence-electron chi connectivity index (χ3n) is 3.74. The first-order chi connectivity index (χ1) is 8.39. The summed E-state index contributed by atoms with van der Waals surface area (Å²) in [5.41, 5.74) is 2.81. The van der Waals surface area contributed by atoms with Crippen LogP contribution in [0.15, 0.2) is 22.7 Å². The highest BCUT2D eigenvalue weighted by atomic mass is 79.9. The van der Waals surface area contributed by atoms with Crippen molar-refractivity contribution in [2.45, 2.75) is 45.7 Å². The number of aryl methyl sites for hydroxylation is 1. The molecule has 2 rings (SSSR count). The smallest absolute Gasteiger partial charge is 0.0372 e. The van der Waals surface area contributed by atoms with Crippen molar-refractivity contribution in [3.63, 3.8) is 0 Å². The molecule has 1 N–H and O–H groups in total. The van der Waals surface area contributed by atoms with Gasteiger partial charge in [-0.25, -0.2) is 0 Å². The summed E-state index contributed by atoms with van der Waals surface area (Å²) in [5.74, 6) is 0. The number of benzene rings is 1.